The maximum Gasteiger partial charge on any atom is 0.238 e. The van der Waals surface area contributed by atoms with Crippen LogP contribution in [0.5, 0.6) is 5.75 Å². The van der Waals surface area contributed by atoms with Gasteiger partial charge in [0, 0.05) is 33.2 Å². The van der Waals surface area contributed by atoms with Crippen molar-refractivity contribution in [3.05, 3.63) is 93.1 Å². The van der Waals surface area contributed by atoms with Crippen LogP contribution in [0.2, 0.25) is 5.02 Å². The molecule has 8 heteroatoms. The molecule has 0 bridgehead atoms. The van der Waals surface area contributed by atoms with E-state index >= 15 is 0 Å². The van der Waals surface area contributed by atoms with Crippen molar-refractivity contribution in [2.24, 2.45) is 17.8 Å². The van der Waals surface area contributed by atoms with Gasteiger partial charge in [0.25, 0.3) is 0 Å². The van der Waals surface area contributed by atoms with Crippen LogP contribution < -0.4 is 4.90 Å². The molecule has 1 heterocycles. The minimum Gasteiger partial charge on any atom is -0.508 e. The van der Waals surface area contributed by atoms with Crippen molar-refractivity contribution >= 4 is 46.5 Å². The Hall–Kier alpha value is -4.10. The van der Waals surface area contributed by atoms with Gasteiger partial charge >= 0.3 is 0 Å². The molecule has 2 aromatic rings. The molecule has 39 heavy (non-hydrogen) atoms. The molecule has 4 aliphatic rings. The highest BCUT2D eigenvalue weighted by molar-refractivity contribution is 6.32. The van der Waals surface area contributed by atoms with Crippen LogP contribution in [-0.4, -0.2) is 34.3 Å². The Morgan fingerprint density at radius 3 is 2.38 bits per heavy atom. The van der Waals surface area contributed by atoms with Gasteiger partial charge in [0.2, 0.25) is 11.8 Å². The number of ketones is 3. The number of imide groups is 1. The quantitative estimate of drug-likeness (QED) is 0.257. The van der Waals surface area contributed by atoms with E-state index in [1.165, 1.54) is 30.0 Å². The number of anilines is 1. The molecule has 6 rings (SSSR count). The topological polar surface area (TPSA) is 109 Å². The number of amides is 2. The van der Waals surface area contributed by atoms with E-state index in [4.69, 9.17) is 11.6 Å². The number of carbonyl (C=O) groups is 5. The predicted octanol–water partition coefficient (Wildman–Crippen LogP) is 4.88. The van der Waals surface area contributed by atoms with Crippen molar-refractivity contribution in [3.63, 3.8) is 0 Å². The largest absolute Gasteiger partial charge is 0.508 e. The monoisotopic (exact) mass is 541 g/mol. The van der Waals surface area contributed by atoms with E-state index in [-0.39, 0.29) is 46.4 Å². The maximum atomic E-state index is 13.9. The van der Waals surface area contributed by atoms with Crippen molar-refractivity contribution in [2.45, 2.75) is 32.6 Å². The smallest absolute Gasteiger partial charge is 0.238 e. The number of phenols is 1. The molecule has 3 aliphatic carbocycles. The zero-order chi connectivity index (χ0) is 27.7. The Bertz CT molecular complexity index is 1610. The number of carbonyl (C=O) groups excluding carboxylic acids is 5. The Kier molecular flexibility index (Phi) is 5.81. The highest BCUT2D eigenvalue weighted by Gasteiger charge is 2.56. The zero-order valence-electron chi connectivity index (χ0n) is 21.2. The van der Waals surface area contributed by atoms with Crippen molar-refractivity contribution in [2.75, 3.05) is 4.90 Å². The van der Waals surface area contributed by atoms with Gasteiger partial charge in [-0.1, -0.05) is 29.3 Å². The van der Waals surface area contributed by atoms with E-state index in [2.05, 4.69) is 0 Å². The van der Waals surface area contributed by atoms with Crippen LogP contribution in [0.15, 0.2) is 76.9 Å². The molecular weight excluding hydrogens is 518 g/mol. The van der Waals surface area contributed by atoms with E-state index in [9.17, 15) is 29.1 Å². The summed E-state index contributed by atoms with van der Waals surface area (Å²) in [5, 5.41) is 10.2. The molecule has 196 valence electrons. The van der Waals surface area contributed by atoms with Crippen molar-refractivity contribution in [1.82, 2.24) is 0 Å². The van der Waals surface area contributed by atoms with Gasteiger partial charge in [0.15, 0.2) is 17.3 Å². The van der Waals surface area contributed by atoms with Crippen molar-refractivity contribution in [3.8, 4) is 5.75 Å². The first-order valence-corrected chi connectivity index (χ1v) is 13.1. The van der Waals surface area contributed by atoms with Crippen LogP contribution >= 0.6 is 11.6 Å². The van der Waals surface area contributed by atoms with E-state index in [0.717, 1.165) is 5.57 Å². The van der Waals surface area contributed by atoms with Gasteiger partial charge in [-0.25, -0.2) is 0 Å². The lowest BCUT2D eigenvalue weighted by atomic mass is 9.59. The summed E-state index contributed by atoms with van der Waals surface area (Å²) in [4.78, 5) is 67.0. The van der Waals surface area contributed by atoms with Gasteiger partial charge in [0.1, 0.15) is 5.75 Å². The average molecular weight is 542 g/mol. The fourth-order valence-electron chi connectivity index (χ4n) is 6.57. The summed E-state index contributed by atoms with van der Waals surface area (Å²) in [6.45, 7) is 3.05. The lowest BCUT2D eigenvalue weighted by molar-refractivity contribution is -0.123. The number of aromatic hydroxyl groups is 1. The third-order valence-electron chi connectivity index (χ3n) is 8.39. The Labute approximate surface area is 229 Å². The van der Waals surface area contributed by atoms with Crippen molar-refractivity contribution in [1.29, 1.82) is 0 Å². The summed E-state index contributed by atoms with van der Waals surface area (Å²) >= 11 is 6.57. The normalized spacial score (nSPS) is 26.2. The maximum absolute atomic E-state index is 13.9. The van der Waals surface area contributed by atoms with Crippen LogP contribution in [-0.2, 0) is 19.2 Å². The van der Waals surface area contributed by atoms with Gasteiger partial charge in [-0.05, 0) is 80.6 Å². The minimum atomic E-state index is -0.715. The number of fused-ring (bicyclic) bond motifs is 3. The number of allylic oxidation sites excluding steroid dienone is 6. The third kappa shape index (κ3) is 3.75. The number of rotatable bonds is 3. The summed E-state index contributed by atoms with van der Waals surface area (Å²) in [5.41, 5.74) is 3.23. The van der Waals surface area contributed by atoms with Crippen LogP contribution in [0.1, 0.15) is 48.5 Å². The molecule has 0 saturated carbocycles. The van der Waals surface area contributed by atoms with Crippen LogP contribution in [0.4, 0.5) is 5.69 Å². The first kappa shape index (κ1) is 25.2. The molecule has 0 radical (unpaired) electrons. The number of nitrogens with zero attached hydrogens (tertiary/aromatic N) is 1. The summed E-state index contributed by atoms with van der Waals surface area (Å²) in [6.07, 6.45) is 3.71. The molecule has 4 unspecified atom stereocenters. The highest BCUT2D eigenvalue weighted by atomic mass is 35.5. The molecule has 7 nitrogen and oxygen atoms in total. The summed E-state index contributed by atoms with van der Waals surface area (Å²) < 4.78 is 0. The first-order valence-electron chi connectivity index (χ1n) is 12.8. The lowest BCUT2D eigenvalue weighted by Crippen LogP contribution is -2.39. The summed E-state index contributed by atoms with van der Waals surface area (Å²) in [5.74, 6) is -3.86. The Morgan fingerprint density at radius 1 is 1.00 bits per heavy atom. The molecule has 0 spiro atoms. The lowest BCUT2D eigenvalue weighted by Gasteiger charge is -2.42. The molecule has 1 aliphatic heterocycles. The second-order valence-electron chi connectivity index (χ2n) is 10.5. The molecule has 1 fully saturated rings. The Balaban J connectivity index is 1.46. The van der Waals surface area contributed by atoms with Gasteiger partial charge in [-0.15, -0.1) is 0 Å². The fraction of sp³-hybridized carbons (Fsp3) is 0.258. The molecule has 1 N–H and O–H groups in total. The van der Waals surface area contributed by atoms with Crippen LogP contribution in [0.3, 0.4) is 0 Å². The summed E-state index contributed by atoms with van der Waals surface area (Å²) in [7, 11) is 0. The third-order valence-corrected chi connectivity index (χ3v) is 8.72. The van der Waals surface area contributed by atoms with Gasteiger partial charge < -0.3 is 5.11 Å². The van der Waals surface area contributed by atoms with Gasteiger partial charge in [-0.2, -0.15) is 0 Å². The number of phenolic OH excluding ortho intramolecular Hbond substituents is 1. The second-order valence-corrected chi connectivity index (χ2v) is 11.0. The van der Waals surface area contributed by atoms with E-state index in [0.29, 0.717) is 40.0 Å². The van der Waals surface area contributed by atoms with Crippen LogP contribution in [0.25, 0.3) is 0 Å². The number of hydrogen-bond donors (Lipinski definition) is 1. The predicted molar refractivity (Wildman–Crippen MR) is 143 cm³/mol. The molecule has 4 atom stereocenters. The molecule has 1 saturated heterocycles. The van der Waals surface area contributed by atoms with Crippen LogP contribution in [0, 0.1) is 17.8 Å². The van der Waals surface area contributed by atoms with E-state index < -0.39 is 23.7 Å². The summed E-state index contributed by atoms with van der Waals surface area (Å²) in [6, 6.07) is 10.9. The zero-order valence-corrected chi connectivity index (χ0v) is 22.0. The van der Waals surface area contributed by atoms with E-state index in [1.807, 2.05) is 6.08 Å². The minimum absolute atomic E-state index is 0.0341. The van der Waals surface area contributed by atoms with Gasteiger partial charge in [-0.3, -0.25) is 28.9 Å². The van der Waals surface area contributed by atoms with Crippen molar-refractivity contribution < 1.29 is 29.1 Å². The van der Waals surface area contributed by atoms with Gasteiger partial charge in [0.05, 0.1) is 17.5 Å². The SMILES string of the molecule is CC(=O)c1ccc(N2C(=O)C3CC=C4C(c5ccc(O)cc5Cl)C5=C(CC4C3C2=O)C(=O)C=C(C)C5=O)cc1. The fourth-order valence-corrected chi connectivity index (χ4v) is 6.85. The average Bonchev–Trinajstić information content (AvgIpc) is 3.16. The number of Topliss-reactive ketones (excluding diaryl/α,β-unsaturated/α-hetero) is 2. The molecule has 0 aromatic heterocycles. The number of halogens is 1. The molecule has 2 aromatic carbocycles. The number of hydrogen-bond acceptors (Lipinski definition) is 6. The van der Waals surface area contributed by atoms with E-state index in [1.54, 1.807) is 37.3 Å². The first-order chi connectivity index (χ1) is 18.6. The highest BCUT2D eigenvalue weighted by Crippen LogP contribution is 2.56. The number of benzene rings is 2. The standard InChI is InChI=1S/C31H24ClNO6/c1-14-11-25(36)23-13-22-19(26(28(23)29(14)37)20-8-7-18(35)12-24(20)32)9-10-21-27(22)31(39)33(30(21)38)17-5-3-16(4-6-17)15(2)34/h3-9,11-12,21-22,26-27,35H,10,13H2,1-2H3. The molecular formula is C31H24ClNO6. The molecule has 2 amide bonds. The second kappa shape index (κ2) is 8.99. The Morgan fingerprint density at radius 2 is 1.72 bits per heavy atom.